The van der Waals surface area contributed by atoms with Crippen LogP contribution in [0.1, 0.15) is 39.0 Å². The van der Waals surface area contributed by atoms with Crippen LogP contribution in [-0.2, 0) is 4.79 Å². The van der Waals surface area contributed by atoms with E-state index in [1.165, 1.54) is 0 Å². The molecule has 3 N–H and O–H groups in total. The Labute approximate surface area is 116 Å². The first-order valence-corrected chi connectivity index (χ1v) is 6.95. The quantitative estimate of drug-likeness (QED) is 0.768. The van der Waals surface area contributed by atoms with Gasteiger partial charge in [0.25, 0.3) is 5.91 Å². The van der Waals surface area contributed by atoms with Gasteiger partial charge in [-0.15, -0.1) is 0 Å². The number of likely N-dealkylation sites (tertiary alicyclic amines) is 1. The third-order valence-electron chi connectivity index (χ3n) is 4.75. The molecule has 1 aliphatic carbocycles. The number of piperidine rings is 1. The van der Waals surface area contributed by atoms with E-state index in [4.69, 9.17) is 5.73 Å². The van der Waals surface area contributed by atoms with E-state index >= 15 is 0 Å². The van der Waals surface area contributed by atoms with Crippen molar-refractivity contribution in [1.29, 1.82) is 0 Å². The summed E-state index contributed by atoms with van der Waals surface area (Å²) >= 11 is 0. The Morgan fingerprint density at radius 2 is 2.00 bits per heavy atom. The Morgan fingerprint density at radius 3 is 2.60 bits per heavy atom. The van der Waals surface area contributed by atoms with Crippen LogP contribution in [0.2, 0.25) is 0 Å². The van der Waals surface area contributed by atoms with Crippen LogP contribution in [-0.4, -0.2) is 46.3 Å². The minimum atomic E-state index is -4.77. The van der Waals surface area contributed by atoms with Gasteiger partial charge in [-0.05, 0) is 26.2 Å². The second kappa shape index (κ2) is 4.87. The fourth-order valence-corrected chi connectivity index (χ4v) is 3.21. The van der Waals surface area contributed by atoms with E-state index in [9.17, 15) is 23.1 Å². The molecule has 1 saturated carbocycles. The number of fused-ring (bicyclic) bond motifs is 1. The maximum absolute atomic E-state index is 12.8. The van der Waals surface area contributed by atoms with E-state index < -0.39 is 23.2 Å². The van der Waals surface area contributed by atoms with Gasteiger partial charge in [0, 0.05) is 19.0 Å². The summed E-state index contributed by atoms with van der Waals surface area (Å²) < 4.78 is 38.5. The molecule has 20 heavy (non-hydrogen) atoms. The average molecular weight is 294 g/mol. The Bertz CT molecular complexity index is 398. The van der Waals surface area contributed by atoms with Crippen molar-refractivity contribution in [3.63, 3.8) is 0 Å². The van der Waals surface area contributed by atoms with E-state index in [2.05, 4.69) is 0 Å². The standard InChI is InChI=1S/C13H21F3N2O2/c1-11(17,13(14,15)16)10(19)18-7-6-12(20)5-3-2-4-9(12)8-18/h9,20H,2-8,17H2,1H3. The Balaban J connectivity index is 2.10. The molecule has 7 heteroatoms. The predicted molar refractivity (Wildman–Crippen MR) is 66.8 cm³/mol. The highest BCUT2D eigenvalue weighted by Crippen LogP contribution is 2.40. The number of amides is 1. The van der Waals surface area contributed by atoms with Crippen LogP contribution in [0.5, 0.6) is 0 Å². The van der Waals surface area contributed by atoms with Gasteiger partial charge in [0.2, 0.25) is 0 Å². The van der Waals surface area contributed by atoms with E-state index in [1.54, 1.807) is 0 Å². The summed E-state index contributed by atoms with van der Waals surface area (Å²) in [7, 11) is 0. The summed E-state index contributed by atoms with van der Waals surface area (Å²) in [5.74, 6) is -1.24. The molecule has 2 rings (SSSR count). The molecule has 0 aromatic heterocycles. The van der Waals surface area contributed by atoms with Gasteiger partial charge in [-0.2, -0.15) is 13.2 Å². The molecule has 2 fully saturated rings. The number of hydrogen-bond donors (Lipinski definition) is 2. The number of carbonyl (C=O) groups is 1. The normalized spacial score (nSPS) is 34.3. The number of nitrogens with zero attached hydrogens (tertiary/aromatic N) is 1. The number of aliphatic hydroxyl groups is 1. The minimum absolute atomic E-state index is 0.134. The van der Waals surface area contributed by atoms with Gasteiger partial charge in [0.05, 0.1) is 5.60 Å². The molecule has 4 nitrogen and oxygen atoms in total. The third-order valence-corrected chi connectivity index (χ3v) is 4.75. The SMILES string of the molecule is CC(N)(C(=O)N1CCC2(O)CCCCC2C1)C(F)(F)F. The van der Waals surface area contributed by atoms with Crippen molar-refractivity contribution in [2.75, 3.05) is 13.1 Å². The highest BCUT2D eigenvalue weighted by molar-refractivity contribution is 5.86. The van der Waals surface area contributed by atoms with Crippen molar-refractivity contribution in [2.45, 2.75) is 56.3 Å². The lowest BCUT2D eigenvalue weighted by molar-refractivity contribution is -0.197. The van der Waals surface area contributed by atoms with Crippen molar-refractivity contribution in [2.24, 2.45) is 11.7 Å². The van der Waals surface area contributed by atoms with Gasteiger partial charge >= 0.3 is 6.18 Å². The molecule has 3 atom stereocenters. The van der Waals surface area contributed by atoms with Crippen molar-refractivity contribution in [3.8, 4) is 0 Å². The molecule has 2 aliphatic rings. The maximum Gasteiger partial charge on any atom is 0.415 e. The summed E-state index contributed by atoms with van der Waals surface area (Å²) in [5, 5.41) is 10.5. The molecule has 0 spiro atoms. The number of hydrogen-bond acceptors (Lipinski definition) is 3. The number of alkyl halides is 3. The molecule has 0 radical (unpaired) electrons. The zero-order valence-corrected chi connectivity index (χ0v) is 11.5. The first kappa shape index (κ1) is 15.6. The third kappa shape index (κ3) is 2.53. The molecule has 1 saturated heterocycles. The average Bonchev–Trinajstić information content (AvgIpc) is 2.35. The summed E-state index contributed by atoms with van der Waals surface area (Å²) in [6.45, 7) is 1.00. The van der Waals surface area contributed by atoms with E-state index in [0.29, 0.717) is 19.8 Å². The summed E-state index contributed by atoms with van der Waals surface area (Å²) in [6.07, 6.45) is -1.17. The Hall–Kier alpha value is -0.820. The largest absolute Gasteiger partial charge is 0.415 e. The van der Waals surface area contributed by atoms with Crippen molar-refractivity contribution < 1.29 is 23.1 Å². The maximum atomic E-state index is 12.8. The van der Waals surface area contributed by atoms with Gasteiger partial charge in [-0.3, -0.25) is 4.79 Å². The highest BCUT2D eigenvalue weighted by atomic mass is 19.4. The van der Waals surface area contributed by atoms with Crippen molar-refractivity contribution in [1.82, 2.24) is 4.90 Å². The van der Waals surface area contributed by atoms with Gasteiger partial charge in [0.15, 0.2) is 5.54 Å². The summed E-state index contributed by atoms with van der Waals surface area (Å²) in [4.78, 5) is 13.2. The van der Waals surface area contributed by atoms with Gasteiger partial charge in [0.1, 0.15) is 0 Å². The first-order chi connectivity index (χ1) is 9.08. The van der Waals surface area contributed by atoms with Gasteiger partial charge < -0.3 is 15.7 Å². The Morgan fingerprint density at radius 1 is 1.35 bits per heavy atom. The number of carbonyl (C=O) groups excluding carboxylic acids is 1. The topological polar surface area (TPSA) is 66.6 Å². The van der Waals surface area contributed by atoms with Crippen LogP contribution in [0.3, 0.4) is 0 Å². The van der Waals surface area contributed by atoms with Crippen LogP contribution in [0.15, 0.2) is 0 Å². The van der Waals surface area contributed by atoms with Crippen LogP contribution < -0.4 is 5.73 Å². The minimum Gasteiger partial charge on any atom is -0.389 e. The zero-order valence-electron chi connectivity index (χ0n) is 11.5. The Kier molecular flexibility index (Phi) is 3.79. The lowest BCUT2D eigenvalue weighted by atomic mass is 9.71. The first-order valence-electron chi connectivity index (χ1n) is 6.95. The molecule has 0 aromatic rings. The molecule has 116 valence electrons. The number of nitrogens with two attached hydrogens (primary N) is 1. The summed E-state index contributed by atoms with van der Waals surface area (Å²) in [6, 6.07) is 0. The second-order valence-corrected chi connectivity index (χ2v) is 6.25. The molecule has 3 unspecified atom stereocenters. The molecule has 0 bridgehead atoms. The highest BCUT2D eigenvalue weighted by Gasteiger charge is 2.56. The lowest BCUT2D eigenvalue weighted by Crippen LogP contribution is -2.65. The molecule has 1 heterocycles. The monoisotopic (exact) mass is 294 g/mol. The van der Waals surface area contributed by atoms with E-state index in [1.807, 2.05) is 0 Å². The molecular formula is C13H21F3N2O2. The smallest absolute Gasteiger partial charge is 0.389 e. The molecule has 1 amide bonds. The summed E-state index contributed by atoms with van der Waals surface area (Å²) in [5.41, 5.74) is 1.51. The van der Waals surface area contributed by atoms with Crippen molar-refractivity contribution >= 4 is 5.91 Å². The lowest BCUT2D eigenvalue weighted by Gasteiger charge is -2.48. The van der Waals surface area contributed by atoms with Gasteiger partial charge in [-0.25, -0.2) is 0 Å². The molecule has 1 aliphatic heterocycles. The van der Waals surface area contributed by atoms with Gasteiger partial charge in [-0.1, -0.05) is 12.8 Å². The van der Waals surface area contributed by atoms with Crippen LogP contribution >= 0.6 is 0 Å². The zero-order chi connectivity index (χ0) is 15.2. The number of rotatable bonds is 1. The molecule has 0 aromatic carbocycles. The molecular weight excluding hydrogens is 273 g/mol. The van der Waals surface area contributed by atoms with E-state index in [0.717, 1.165) is 24.2 Å². The fraction of sp³-hybridized carbons (Fsp3) is 0.923. The second-order valence-electron chi connectivity index (χ2n) is 6.25. The van der Waals surface area contributed by atoms with Crippen molar-refractivity contribution in [3.05, 3.63) is 0 Å². The van der Waals surface area contributed by atoms with Crippen LogP contribution in [0.4, 0.5) is 13.2 Å². The predicted octanol–water partition coefficient (Wildman–Crippen LogP) is 1.42. The van der Waals surface area contributed by atoms with E-state index in [-0.39, 0.29) is 19.0 Å². The van der Waals surface area contributed by atoms with Crippen LogP contribution in [0.25, 0.3) is 0 Å². The van der Waals surface area contributed by atoms with Crippen LogP contribution in [0, 0.1) is 5.92 Å². The number of halogens is 3. The fourth-order valence-electron chi connectivity index (χ4n) is 3.21.